The highest BCUT2D eigenvalue weighted by atomic mass is 35.5. The van der Waals surface area contributed by atoms with E-state index in [1.54, 1.807) is 43.5 Å². The average molecular weight is 336 g/mol. The van der Waals surface area contributed by atoms with Crippen LogP contribution in [0.3, 0.4) is 0 Å². The quantitative estimate of drug-likeness (QED) is 0.657. The molecular weight excluding hydrogens is 324 g/mol. The molecule has 0 saturated heterocycles. The first kappa shape index (κ1) is 15.4. The first-order valence-corrected chi connectivity index (χ1v) is 7.11. The van der Waals surface area contributed by atoms with E-state index in [-0.39, 0.29) is 5.69 Å². The summed E-state index contributed by atoms with van der Waals surface area (Å²) in [5, 5.41) is 4.33. The maximum absolute atomic E-state index is 13.0. The van der Waals surface area contributed by atoms with Gasteiger partial charge in [0.25, 0.3) is 6.43 Å². The van der Waals surface area contributed by atoms with Crippen LogP contribution in [0.25, 0.3) is 16.9 Å². The number of methoxy groups -OCH3 is 1. The molecular formula is C16H12ClF2N3O. The molecule has 0 unspecified atom stereocenters. The largest absolute Gasteiger partial charge is 0.497 e. The minimum Gasteiger partial charge on any atom is -0.497 e. The standard InChI is InChI=1S/C16H12ClF2N3O/c1-23-12-5-3-11(4-6-12)22-14(8-13(21-22)16(18)19)10-2-7-15(17)20-9-10/h2-9,16H,1H3. The number of benzene rings is 1. The molecule has 4 nitrogen and oxygen atoms in total. The fourth-order valence-electron chi connectivity index (χ4n) is 2.16. The molecule has 0 fully saturated rings. The van der Waals surface area contributed by atoms with Crippen LogP contribution in [0.5, 0.6) is 5.75 Å². The van der Waals surface area contributed by atoms with Crippen LogP contribution in [0, 0.1) is 0 Å². The molecule has 0 radical (unpaired) electrons. The number of rotatable bonds is 4. The van der Waals surface area contributed by atoms with Gasteiger partial charge in [0.1, 0.15) is 16.6 Å². The minimum atomic E-state index is -2.66. The average Bonchev–Trinajstić information content (AvgIpc) is 3.01. The van der Waals surface area contributed by atoms with Crippen LogP contribution >= 0.6 is 11.6 Å². The highest BCUT2D eigenvalue weighted by Crippen LogP contribution is 2.28. The SMILES string of the molecule is COc1ccc(-n2nc(C(F)F)cc2-c2ccc(Cl)nc2)cc1. The fourth-order valence-corrected chi connectivity index (χ4v) is 2.27. The molecule has 3 rings (SSSR count). The Hall–Kier alpha value is -2.47. The van der Waals surface area contributed by atoms with E-state index in [4.69, 9.17) is 16.3 Å². The zero-order chi connectivity index (χ0) is 16.4. The number of ether oxygens (including phenoxy) is 1. The number of alkyl halides is 2. The second kappa shape index (κ2) is 6.34. The van der Waals surface area contributed by atoms with Gasteiger partial charge >= 0.3 is 0 Å². The van der Waals surface area contributed by atoms with Gasteiger partial charge in [-0.3, -0.25) is 0 Å². The zero-order valence-electron chi connectivity index (χ0n) is 12.1. The summed E-state index contributed by atoms with van der Waals surface area (Å²) in [5.41, 5.74) is 1.49. The molecule has 7 heteroatoms. The molecule has 0 N–H and O–H groups in total. The first-order chi connectivity index (χ1) is 11.1. The van der Waals surface area contributed by atoms with Crippen molar-refractivity contribution < 1.29 is 13.5 Å². The highest BCUT2D eigenvalue weighted by molar-refractivity contribution is 6.29. The van der Waals surface area contributed by atoms with Gasteiger partial charge in [0, 0.05) is 11.8 Å². The van der Waals surface area contributed by atoms with E-state index in [1.165, 1.54) is 16.9 Å². The number of pyridine rings is 1. The molecule has 118 valence electrons. The number of aromatic nitrogens is 3. The van der Waals surface area contributed by atoms with Gasteiger partial charge in [-0.25, -0.2) is 18.4 Å². The second-order valence-corrected chi connectivity index (χ2v) is 5.12. The number of halogens is 3. The lowest BCUT2D eigenvalue weighted by Gasteiger charge is -2.08. The van der Waals surface area contributed by atoms with E-state index in [9.17, 15) is 8.78 Å². The van der Waals surface area contributed by atoms with Crippen LogP contribution in [-0.4, -0.2) is 21.9 Å². The van der Waals surface area contributed by atoms with E-state index in [2.05, 4.69) is 10.1 Å². The Kier molecular flexibility index (Phi) is 4.25. The molecule has 0 bridgehead atoms. The Morgan fingerprint density at radius 1 is 1.13 bits per heavy atom. The van der Waals surface area contributed by atoms with Crippen molar-refractivity contribution in [3.63, 3.8) is 0 Å². The second-order valence-electron chi connectivity index (χ2n) is 4.73. The van der Waals surface area contributed by atoms with Crippen LogP contribution in [-0.2, 0) is 0 Å². The summed E-state index contributed by atoms with van der Waals surface area (Å²) >= 11 is 5.78. The summed E-state index contributed by atoms with van der Waals surface area (Å²) in [5.74, 6) is 0.671. The lowest BCUT2D eigenvalue weighted by atomic mass is 10.2. The maximum atomic E-state index is 13.0. The lowest BCUT2D eigenvalue weighted by Crippen LogP contribution is -2.00. The molecule has 2 heterocycles. The van der Waals surface area contributed by atoms with Gasteiger partial charge in [0.05, 0.1) is 18.5 Å². The molecule has 2 aromatic heterocycles. The van der Waals surface area contributed by atoms with E-state index in [1.807, 2.05) is 0 Å². The maximum Gasteiger partial charge on any atom is 0.282 e. The topological polar surface area (TPSA) is 39.9 Å². The van der Waals surface area contributed by atoms with E-state index < -0.39 is 6.43 Å². The van der Waals surface area contributed by atoms with Crippen molar-refractivity contribution in [2.75, 3.05) is 7.11 Å². The van der Waals surface area contributed by atoms with Crippen LogP contribution in [0.2, 0.25) is 5.15 Å². The summed E-state index contributed by atoms with van der Waals surface area (Å²) in [6.45, 7) is 0. The molecule has 0 aliphatic heterocycles. The predicted molar refractivity (Wildman–Crippen MR) is 83.3 cm³/mol. The van der Waals surface area contributed by atoms with Gasteiger partial charge in [-0.15, -0.1) is 0 Å². The Morgan fingerprint density at radius 2 is 1.87 bits per heavy atom. The molecule has 0 atom stereocenters. The van der Waals surface area contributed by atoms with Gasteiger partial charge in [-0.1, -0.05) is 11.6 Å². The van der Waals surface area contributed by atoms with Crippen molar-refractivity contribution in [2.45, 2.75) is 6.43 Å². The molecule has 0 aliphatic rings. The monoisotopic (exact) mass is 335 g/mol. The number of hydrogen-bond donors (Lipinski definition) is 0. The first-order valence-electron chi connectivity index (χ1n) is 6.73. The van der Waals surface area contributed by atoms with Gasteiger partial charge in [-0.2, -0.15) is 5.10 Å². The van der Waals surface area contributed by atoms with Crippen LogP contribution in [0.4, 0.5) is 8.78 Å². The van der Waals surface area contributed by atoms with Crippen LogP contribution in [0.1, 0.15) is 12.1 Å². The smallest absolute Gasteiger partial charge is 0.282 e. The number of nitrogens with zero attached hydrogens (tertiary/aromatic N) is 3. The molecule has 23 heavy (non-hydrogen) atoms. The molecule has 0 amide bonds. The van der Waals surface area contributed by atoms with Crippen molar-refractivity contribution in [2.24, 2.45) is 0 Å². The predicted octanol–water partition coefficient (Wildman–Crippen LogP) is 4.53. The van der Waals surface area contributed by atoms with E-state index >= 15 is 0 Å². The molecule has 0 aliphatic carbocycles. The van der Waals surface area contributed by atoms with E-state index in [0.29, 0.717) is 27.8 Å². The van der Waals surface area contributed by atoms with Gasteiger partial charge in [0.2, 0.25) is 0 Å². The summed E-state index contributed by atoms with van der Waals surface area (Å²) in [6, 6.07) is 11.6. The molecule has 0 spiro atoms. The lowest BCUT2D eigenvalue weighted by molar-refractivity contribution is 0.145. The fraction of sp³-hybridized carbons (Fsp3) is 0.125. The third kappa shape index (κ3) is 3.17. The van der Waals surface area contributed by atoms with E-state index in [0.717, 1.165) is 0 Å². The summed E-state index contributed by atoms with van der Waals surface area (Å²) in [4.78, 5) is 3.99. The van der Waals surface area contributed by atoms with Gasteiger partial charge in [0.15, 0.2) is 0 Å². The molecule has 0 saturated carbocycles. The highest BCUT2D eigenvalue weighted by Gasteiger charge is 2.18. The molecule has 3 aromatic rings. The van der Waals surface area contributed by atoms with Crippen molar-refractivity contribution >= 4 is 11.6 Å². The summed E-state index contributed by atoms with van der Waals surface area (Å²) in [6.07, 6.45) is -1.14. The van der Waals surface area contributed by atoms with Crippen molar-refractivity contribution in [3.05, 3.63) is 59.5 Å². The van der Waals surface area contributed by atoms with Gasteiger partial charge in [-0.05, 0) is 42.5 Å². The number of hydrogen-bond acceptors (Lipinski definition) is 3. The summed E-state index contributed by atoms with van der Waals surface area (Å²) < 4.78 is 32.6. The molecule has 1 aromatic carbocycles. The Labute approximate surface area is 136 Å². The Morgan fingerprint density at radius 3 is 2.43 bits per heavy atom. The van der Waals surface area contributed by atoms with Crippen molar-refractivity contribution in [1.82, 2.24) is 14.8 Å². The minimum absolute atomic E-state index is 0.300. The zero-order valence-corrected chi connectivity index (χ0v) is 12.8. The summed E-state index contributed by atoms with van der Waals surface area (Å²) in [7, 11) is 1.56. The third-order valence-electron chi connectivity index (χ3n) is 3.29. The Balaban J connectivity index is 2.12. The normalized spacial score (nSPS) is 11.0. The van der Waals surface area contributed by atoms with Crippen molar-refractivity contribution in [3.8, 4) is 22.7 Å². The third-order valence-corrected chi connectivity index (χ3v) is 3.52. The van der Waals surface area contributed by atoms with Crippen molar-refractivity contribution in [1.29, 1.82) is 0 Å². The van der Waals surface area contributed by atoms with Gasteiger partial charge < -0.3 is 4.74 Å². The Bertz CT molecular complexity index is 801. The van der Waals surface area contributed by atoms with Crippen LogP contribution < -0.4 is 4.74 Å². The van der Waals surface area contributed by atoms with Crippen LogP contribution in [0.15, 0.2) is 48.7 Å².